The Kier molecular flexibility index (Phi) is 1.86. The zero-order chi connectivity index (χ0) is 9.31. The van der Waals surface area contributed by atoms with E-state index in [0.29, 0.717) is 0 Å². The summed E-state index contributed by atoms with van der Waals surface area (Å²) in [5, 5.41) is 0. The Hall–Kier alpha value is -1.26. The average molecular weight is 171 g/mol. The van der Waals surface area contributed by atoms with E-state index in [2.05, 4.69) is 18.1 Å². The highest BCUT2D eigenvalue weighted by Crippen LogP contribution is 2.47. The van der Waals surface area contributed by atoms with Crippen molar-refractivity contribution in [3.8, 4) is 12.3 Å². The summed E-state index contributed by atoms with van der Waals surface area (Å²) in [4.78, 5) is 0. The van der Waals surface area contributed by atoms with Gasteiger partial charge in [-0.2, -0.15) is 0 Å². The number of hydrogen-bond donors (Lipinski definition) is 1. The van der Waals surface area contributed by atoms with Crippen LogP contribution in [0, 0.1) is 12.3 Å². The van der Waals surface area contributed by atoms with E-state index in [1.807, 2.05) is 12.1 Å². The molecule has 0 aromatic heterocycles. The molecule has 2 rings (SSSR count). The highest BCUT2D eigenvalue weighted by Gasteiger charge is 2.42. The van der Waals surface area contributed by atoms with Crippen molar-refractivity contribution in [2.45, 2.75) is 18.3 Å². The fraction of sp³-hybridized carbons (Fsp3) is 0.333. The maximum Gasteiger partial charge on any atom is 0.0245 e. The molecule has 0 aliphatic heterocycles. The van der Waals surface area contributed by atoms with Crippen LogP contribution in [0.4, 0.5) is 0 Å². The molecule has 13 heavy (non-hydrogen) atoms. The van der Waals surface area contributed by atoms with E-state index in [1.54, 1.807) is 0 Å². The fourth-order valence-electron chi connectivity index (χ4n) is 1.70. The minimum atomic E-state index is 0.257. The molecule has 0 heterocycles. The molecule has 1 aromatic rings. The second-order valence-electron chi connectivity index (χ2n) is 3.71. The third kappa shape index (κ3) is 1.34. The summed E-state index contributed by atoms with van der Waals surface area (Å²) in [7, 11) is 0. The lowest BCUT2D eigenvalue weighted by Crippen LogP contribution is -2.19. The number of rotatable bonds is 2. The maximum absolute atomic E-state index is 5.74. The molecule has 0 radical (unpaired) electrons. The Morgan fingerprint density at radius 1 is 1.46 bits per heavy atom. The third-order valence-electron chi connectivity index (χ3n) is 2.89. The van der Waals surface area contributed by atoms with Gasteiger partial charge in [-0.25, -0.2) is 0 Å². The van der Waals surface area contributed by atoms with Gasteiger partial charge in [-0.3, -0.25) is 0 Å². The first-order valence-electron chi connectivity index (χ1n) is 4.58. The second kappa shape index (κ2) is 2.90. The van der Waals surface area contributed by atoms with Crippen LogP contribution in [0.1, 0.15) is 24.0 Å². The predicted octanol–water partition coefficient (Wildman–Crippen LogP) is 1.66. The normalized spacial score (nSPS) is 17.8. The van der Waals surface area contributed by atoms with Crippen molar-refractivity contribution in [3.63, 3.8) is 0 Å². The number of hydrogen-bond acceptors (Lipinski definition) is 1. The Bertz CT molecular complexity index is 356. The summed E-state index contributed by atoms with van der Waals surface area (Å²) in [5.41, 5.74) is 8.26. The van der Waals surface area contributed by atoms with Crippen LogP contribution in [0.15, 0.2) is 24.3 Å². The first kappa shape index (κ1) is 8.34. The molecule has 1 aliphatic carbocycles. The van der Waals surface area contributed by atoms with Gasteiger partial charge in [-0.1, -0.05) is 18.1 Å². The molecule has 1 aliphatic rings. The van der Waals surface area contributed by atoms with Gasteiger partial charge in [0.25, 0.3) is 0 Å². The first-order valence-corrected chi connectivity index (χ1v) is 4.58. The molecule has 1 nitrogen and oxygen atoms in total. The van der Waals surface area contributed by atoms with Crippen LogP contribution in [-0.2, 0) is 5.41 Å². The molecular weight excluding hydrogens is 158 g/mol. The Morgan fingerprint density at radius 2 is 2.23 bits per heavy atom. The van der Waals surface area contributed by atoms with Crippen molar-refractivity contribution < 1.29 is 0 Å². The molecule has 1 saturated carbocycles. The number of terminal acetylenes is 1. The third-order valence-corrected chi connectivity index (χ3v) is 2.89. The largest absolute Gasteiger partial charge is 0.330 e. The lowest BCUT2D eigenvalue weighted by molar-refractivity contribution is 0.704. The van der Waals surface area contributed by atoms with Gasteiger partial charge >= 0.3 is 0 Å². The Labute approximate surface area is 79.0 Å². The van der Waals surface area contributed by atoms with Gasteiger partial charge in [-0.15, -0.1) is 6.42 Å². The van der Waals surface area contributed by atoms with Gasteiger partial charge in [0.05, 0.1) is 0 Å². The smallest absolute Gasteiger partial charge is 0.0245 e. The molecule has 0 bridgehead atoms. The highest BCUT2D eigenvalue weighted by atomic mass is 14.7. The van der Waals surface area contributed by atoms with Crippen LogP contribution in [0.25, 0.3) is 0 Å². The number of benzene rings is 1. The van der Waals surface area contributed by atoms with E-state index in [9.17, 15) is 0 Å². The van der Waals surface area contributed by atoms with Crippen LogP contribution < -0.4 is 5.73 Å². The molecule has 0 saturated heterocycles. The standard InChI is InChI=1S/C12H13N/c1-2-10-4-3-5-11(8-10)12(9-13)6-7-12/h1,3-5,8H,6-7,9,13H2. The minimum absolute atomic E-state index is 0.257. The summed E-state index contributed by atoms with van der Waals surface area (Å²) >= 11 is 0. The van der Waals surface area contributed by atoms with Gasteiger partial charge in [0, 0.05) is 17.5 Å². The molecule has 1 fully saturated rings. The van der Waals surface area contributed by atoms with Gasteiger partial charge in [0.15, 0.2) is 0 Å². The van der Waals surface area contributed by atoms with Crippen LogP contribution in [-0.4, -0.2) is 6.54 Å². The van der Waals surface area contributed by atoms with E-state index in [4.69, 9.17) is 12.2 Å². The van der Waals surface area contributed by atoms with Gasteiger partial charge in [-0.05, 0) is 30.5 Å². The summed E-state index contributed by atoms with van der Waals surface area (Å²) in [6.45, 7) is 0.737. The SMILES string of the molecule is C#Cc1cccc(C2(CN)CC2)c1. The molecule has 66 valence electrons. The second-order valence-corrected chi connectivity index (χ2v) is 3.71. The molecule has 0 spiro atoms. The van der Waals surface area contributed by atoms with Crippen molar-refractivity contribution in [1.29, 1.82) is 0 Å². The van der Waals surface area contributed by atoms with E-state index in [0.717, 1.165) is 12.1 Å². The minimum Gasteiger partial charge on any atom is -0.330 e. The lowest BCUT2D eigenvalue weighted by Gasteiger charge is -2.12. The lowest BCUT2D eigenvalue weighted by atomic mass is 9.95. The van der Waals surface area contributed by atoms with Crippen molar-refractivity contribution in [2.75, 3.05) is 6.54 Å². The molecule has 2 N–H and O–H groups in total. The maximum atomic E-state index is 5.74. The van der Waals surface area contributed by atoms with Gasteiger partial charge in [0.1, 0.15) is 0 Å². The van der Waals surface area contributed by atoms with Gasteiger partial charge < -0.3 is 5.73 Å². The van der Waals surface area contributed by atoms with Crippen LogP contribution in [0.5, 0.6) is 0 Å². The molecule has 0 unspecified atom stereocenters. The quantitative estimate of drug-likeness (QED) is 0.673. The van der Waals surface area contributed by atoms with Crippen LogP contribution in [0.3, 0.4) is 0 Å². The van der Waals surface area contributed by atoms with E-state index < -0.39 is 0 Å². The summed E-state index contributed by atoms with van der Waals surface area (Å²) in [6.07, 6.45) is 7.75. The summed E-state index contributed by atoms with van der Waals surface area (Å²) in [6, 6.07) is 8.18. The Balaban J connectivity index is 2.37. The number of nitrogens with two attached hydrogens (primary N) is 1. The highest BCUT2D eigenvalue weighted by molar-refractivity contribution is 5.41. The average Bonchev–Trinajstić information content (AvgIpc) is 2.99. The fourth-order valence-corrected chi connectivity index (χ4v) is 1.70. The molecule has 1 heteroatoms. The zero-order valence-electron chi connectivity index (χ0n) is 7.59. The van der Waals surface area contributed by atoms with Crippen LogP contribution in [0.2, 0.25) is 0 Å². The molecule has 1 aromatic carbocycles. The topological polar surface area (TPSA) is 26.0 Å². The van der Waals surface area contributed by atoms with Crippen molar-refractivity contribution in [1.82, 2.24) is 0 Å². The van der Waals surface area contributed by atoms with Crippen molar-refractivity contribution in [3.05, 3.63) is 35.4 Å². The monoisotopic (exact) mass is 171 g/mol. The Morgan fingerprint density at radius 3 is 2.77 bits per heavy atom. The van der Waals surface area contributed by atoms with Gasteiger partial charge in [0.2, 0.25) is 0 Å². The van der Waals surface area contributed by atoms with Crippen LogP contribution >= 0.6 is 0 Å². The van der Waals surface area contributed by atoms with E-state index >= 15 is 0 Å². The van der Waals surface area contributed by atoms with Crippen molar-refractivity contribution in [2.24, 2.45) is 5.73 Å². The molecular formula is C12H13N. The first-order chi connectivity index (χ1) is 6.30. The van der Waals surface area contributed by atoms with E-state index in [-0.39, 0.29) is 5.41 Å². The van der Waals surface area contributed by atoms with Crippen molar-refractivity contribution >= 4 is 0 Å². The molecule has 0 atom stereocenters. The molecule has 0 amide bonds. The zero-order valence-corrected chi connectivity index (χ0v) is 7.59. The summed E-state index contributed by atoms with van der Waals surface area (Å²) < 4.78 is 0. The van der Waals surface area contributed by atoms with E-state index in [1.165, 1.54) is 18.4 Å². The predicted molar refractivity (Wildman–Crippen MR) is 54.3 cm³/mol. The summed E-state index contributed by atoms with van der Waals surface area (Å²) in [5.74, 6) is 2.65.